The van der Waals surface area contributed by atoms with Gasteiger partial charge in [-0.15, -0.1) is 11.3 Å². The lowest BCUT2D eigenvalue weighted by Crippen LogP contribution is -2.04. The van der Waals surface area contributed by atoms with Crippen molar-refractivity contribution >= 4 is 17.3 Å². The van der Waals surface area contributed by atoms with Crippen molar-refractivity contribution in [3.8, 4) is 16.2 Å². The fraction of sp³-hybridized carbons (Fsp3) is 0.381. The highest BCUT2D eigenvalue weighted by atomic mass is 32.1. The summed E-state index contributed by atoms with van der Waals surface area (Å²) in [6, 6.07) is 8.57. The van der Waals surface area contributed by atoms with Crippen molar-refractivity contribution in [3.63, 3.8) is 0 Å². The standard InChI is InChI=1S/C21H25FO2S/c1-3-5-6-7-8-10-21(23)24-16-11-13-18(19(22)15-16)20-14-12-17(25-20)9-4-2/h8,10-15H,3-7,9H2,1-2H3. The first-order chi connectivity index (χ1) is 12.1. The van der Waals surface area contributed by atoms with Crippen molar-refractivity contribution in [2.45, 2.75) is 52.4 Å². The Hall–Kier alpha value is -1.94. The van der Waals surface area contributed by atoms with Crippen LogP contribution in [-0.2, 0) is 11.2 Å². The predicted octanol–water partition coefficient (Wildman–Crippen LogP) is 6.55. The molecule has 0 unspecified atom stereocenters. The van der Waals surface area contributed by atoms with Crippen LogP contribution in [0.1, 0.15) is 50.8 Å². The van der Waals surface area contributed by atoms with Gasteiger partial charge in [0, 0.05) is 27.5 Å². The Balaban J connectivity index is 1.97. The average Bonchev–Trinajstić information content (AvgIpc) is 3.03. The molecule has 0 amide bonds. The number of allylic oxidation sites excluding steroid dienone is 1. The minimum absolute atomic E-state index is 0.231. The number of benzene rings is 1. The number of hydrogen-bond acceptors (Lipinski definition) is 3. The molecule has 0 aliphatic carbocycles. The molecule has 2 rings (SSSR count). The fourth-order valence-electron chi connectivity index (χ4n) is 2.50. The van der Waals surface area contributed by atoms with E-state index in [9.17, 15) is 9.18 Å². The SMILES string of the molecule is CCCCCC=CC(=O)Oc1ccc(-c2ccc(CCC)s2)c(F)c1. The van der Waals surface area contributed by atoms with Gasteiger partial charge in [0.15, 0.2) is 0 Å². The molecule has 0 radical (unpaired) electrons. The maximum Gasteiger partial charge on any atom is 0.335 e. The second-order valence-corrected chi connectivity index (χ2v) is 7.15. The molecule has 0 saturated carbocycles. The van der Waals surface area contributed by atoms with E-state index < -0.39 is 5.97 Å². The van der Waals surface area contributed by atoms with Crippen LogP contribution in [0, 0.1) is 5.82 Å². The molecule has 134 valence electrons. The molecule has 0 fully saturated rings. The van der Waals surface area contributed by atoms with Gasteiger partial charge in [-0.25, -0.2) is 9.18 Å². The molecule has 0 bridgehead atoms. The van der Waals surface area contributed by atoms with E-state index in [1.54, 1.807) is 23.5 Å². The van der Waals surface area contributed by atoms with Crippen LogP contribution in [-0.4, -0.2) is 5.97 Å². The van der Waals surface area contributed by atoms with E-state index in [2.05, 4.69) is 13.8 Å². The second-order valence-electron chi connectivity index (χ2n) is 5.98. The smallest absolute Gasteiger partial charge is 0.335 e. The van der Waals surface area contributed by atoms with Gasteiger partial charge >= 0.3 is 5.97 Å². The van der Waals surface area contributed by atoms with Gasteiger partial charge in [0.05, 0.1) is 0 Å². The molecule has 25 heavy (non-hydrogen) atoms. The molecular weight excluding hydrogens is 335 g/mol. The van der Waals surface area contributed by atoms with Gasteiger partial charge in [0.1, 0.15) is 11.6 Å². The highest BCUT2D eigenvalue weighted by molar-refractivity contribution is 7.15. The Morgan fingerprint density at radius 1 is 1.16 bits per heavy atom. The topological polar surface area (TPSA) is 26.3 Å². The first-order valence-corrected chi connectivity index (χ1v) is 9.72. The summed E-state index contributed by atoms with van der Waals surface area (Å²) >= 11 is 1.60. The first-order valence-electron chi connectivity index (χ1n) is 8.91. The predicted molar refractivity (Wildman–Crippen MR) is 103 cm³/mol. The summed E-state index contributed by atoms with van der Waals surface area (Å²) in [5.74, 6) is -0.609. The van der Waals surface area contributed by atoms with Crippen molar-refractivity contribution in [1.82, 2.24) is 0 Å². The lowest BCUT2D eigenvalue weighted by molar-refractivity contribution is -0.129. The van der Waals surface area contributed by atoms with Gasteiger partial charge in [-0.3, -0.25) is 0 Å². The zero-order chi connectivity index (χ0) is 18.1. The summed E-state index contributed by atoms with van der Waals surface area (Å²) in [5, 5.41) is 0. The van der Waals surface area contributed by atoms with Gasteiger partial charge in [0.2, 0.25) is 0 Å². The highest BCUT2D eigenvalue weighted by Crippen LogP contribution is 2.32. The van der Waals surface area contributed by atoms with Crippen LogP contribution < -0.4 is 4.74 Å². The number of rotatable bonds is 9. The van der Waals surface area contributed by atoms with Crippen molar-refractivity contribution in [2.75, 3.05) is 0 Å². The molecule has 4 heteroatoms. The number of thiophene rings is 1. The third-order valence-electron chi connectivity index (χ3n) is 3.81. The van der Waals surface area contributed by atoms with Crippen LogP contribution in [0.5, 0.6) is 5.75 Å². The summed E-state index contributed by atoms with van der Waals surface area (Å²) < 4.78 is 19.5. The molecule has 0 aliphatic rings. The van der Waals surface area contributed by atoms with E-state index in [0.29, 0.717) is 5.56 Å². The number of unbranched alkanes of at least 4 members (excludes halogenated alkanes) is 3. The van der Waals surface area contributed by atoms with Crippen LogP contribution in [0.4, 0.5) is 4.39 Å². The van der Waals surface area contributed by atoms with Crippen molar-refractivity contribution in [2.24, 2.45) is 0 Å². The van der Waals surface area contributed by atoms with Crippen LogP contribution in [0.3, 0.4) is 0 Å². The first kappa shape index (κ1) is 19.4. The van der Waals surface area contributed by atoms with Gasteiger partial charge in [-0.2, -0.15) is 0 Å². The van der Waals surface area contributed by atoms with E-state index >= 15 is 0 Å². The number of carbonyl (C=O) groups is 1. The molecule has 1 heterocycles. The monoisotopic (exact) mass is 360 g/mol. The van der Waals surface area contributed by atoms with Gasteiger partial charge in [-0.1, -0.05) is 39.2 Å². The normalized spacial score (nSPS) is 11.2. The Bertz CT molecular complexity index is 718. The van der Waals surface area contributed by atoms with Crippen LogP contribution in [0.15, 0.2) is 42.5 Å². The molecule has 2 nitrogen and oxygen atoms in total. The molecule has 1 aromatic heterocycles. The molecule has 0 saturated heterocycles. The van der Waals surface area contributed by atoms with Gasteiger partial charge in [-0.05, 0) is 43.5 Å². The number of esters is 1. The average molecular weight is 360 g/mol. The number of ether oxygens (including phenoxy) is 1. The highest BCUT2D eigenvalue weighted by Gasteiger charge is 2.10. The molecule has 2 aromatic rings. The summed E-state index contributed by atoms with van der Waals surface area (Å²) in [7, 11) is 0. The molecule has 0 N–H and O–H groups in total. The van der Waals surface area contributed by atoms with E-state index in [4.69, 9.17) is 4.74 Å². The lowest BCUT2D eigenvalue weighted by Gasteiger charge is -2.05. The third-order valence-corrected chi connectivity index (χ3v) is 4.99. The van der Waals surface area contributed by atoms with Crippen molar-refractivity contribution < 1.29 is 13.9 Å². The largest absolute Gasteiger partial charge is 0.423 e. The maximum atomic E-state index is 14.4. The number of aryl methyl sites for hydroxylation is 1. The zero-order valence-corrected chi connectivity index (χ0v) is 15.7. The van der Waals surface area contributed by atoms with Crippen LogP contribution >= 0.6 is 11.3 Å². The molecule has 0 aliphatic heterocycles. The zero-order valence-electron chi connectivity index (χ0n) is 14.9. The van der Waals surface area contributed by atoms with Gasteiger partial charge < -0.3 is 4.74 Å². The number of hydrogen-bond donors (Lipinski definition) is 0. The quantitative estimate of drug-likeness (QED) is 0.219. The molecule has 0 spiro atoms. The molecule has 0 atom stereocenters. The molecule has 1 aromatic carbocycles. The fourth-order valence-corrected chi connectivity index (χ4v) is 3.64. The van der Waals surface area contributed by atoms with E-state index in [1.165, 1.54) is 17.0 Å². The van der Waals surface area contributed by atoms with Crippen LogP contribution in [0.25, 0.3) is 10.4 Å². The van der Waals surface area contributed by atoms with E-state index in [1.807, 2.05) is 18.2 Å². The molecular formula is C21H25FO2S. The lowest BCUT2D eigenvalue weighted by atomic mass is 10.1. The minimum Gasteiger partial charge on any atom is -0.423 e. The summed E-state index contributed by atoms with van der Waals surface area (Å²) in [4.78, 5) is 13.9. The Kier molecular flexibility index (Phi) is 7.86. The Morgan fingerprint density at radius 2 is 2.00 bits per heavy atom. The minimum atomic E-state index is -0.468. The Morgan fingerprint density at radius 3 is 2.72 bits per heavy atom. The second kappa shape index (κ2) is 10.1. The number of halogens is 1. The Labute approximate surface area is 153 Å². The summed E-state index contributed by atoms with van der Waals surface area (Å²) in [6.07, 6.45) is 9.51. The third kappa shape index (κ3) is 6.13. The van der Waals surface area contributed by atoms with E-state index in [0.717, 1.165) is 43.4 Å². The maximum absolute atomic E-state index is 14.4. The summed E-state index contributed by atoms with van der Waals surface area (Å²) in [5.41, 5.74) is 0.544. The van der Waals surface area contributed by atoms with Gasteiger partial charge in [0.25, 0.3) is 0 Å². The number of carbonyl (C=O) groups excluding carboxylic acids is 1. The van der Waals surface area contributed by atoms with E-state index in [-0.39, 0.29) is 11.6 Å². The van der Waals surface area contributed by atoms with Crippen molar-refractivity contribution in [1.29, 1.82) is 0 Å². The van der Waals surface area contributed by atoms with Crippen LogP contribution in [0.2, 0.25) is 0 Å². The van der Waals surface area contributed by atoms with Crippen molar-refractivity contribution in [3.05, 3.63) is 53.2 Å². The summed E-state index contributed by atoms with van der Waals surface area (Å²) in [6.45, 7) is 4.26.